The molecule has 5 atom stereocenters. The number of rotatable bonds is 6. The number of halogens is 3. The molecule has 0 aromatic heterocycles. The SMILES string of the molecule is CC(C)[C@H](N)C(=O)N1[C@H](C(=O)N[C@H](C(=O)C(F)(F)F)C(C)C)C[C@@H]2CCCC[C@@H]21. The summed E-state index contributed by atoms with van der Waals surface area (Å²) in [6.07, 6.45) is -1.11. The first-order valence-electron chi connectivity index (χ1n) is 10.3. The van der Waals surface area contributed by atoms with Gasteiger partial charge in [-0.15, -0.1) is 0 Å². The van der Waals surface area contributed by atoms with E-state index in [1.165, 1.54) is 18.7 Å². The van der Waals surface area contributed by atoms with Crippen molar-refractivity contribution in [3.05, 3.63) is 0 Å². The second kappa shape index (κ2) is 9.02. The first kappa shape index (κ1) is 23.6. The summed E-state index contributed by atoms with van der Waals surface area (Å²) in [6, 6.07) is -3.50. The molecule has 0 bridgehead atoms. The number of nitrogens with zero attached hydrogens (tertiary/aromatic N) is 1. The topological polar surface area (TPSA) is 92.5 Å². The fraction of sp³-hybridized carbons (Fsp3) is 0.850. The molecular formula is C20H32F3N3O3. The summed E-state index contributed by atoms with van der Waals surface area (Å²) in [6.45, 7) is 6.51. The van der Waals surface area contributed by atoms with Crippen molar-refractivity contribution in [1.29, 1.82) is 0 Å². The maximum Gasteiger partial charge on any atom is 0.452 e. The van der Waals surface area contributed by atoms with Gasteiger partial charge >= 0.3 is 6.18 Å². The summed E-state index contributed by atoms with van der Waals surface area (Å²) in [5, 5.41) is 2.28. The average Bonchev–Trinajstić information content (AvgIpc) is 3.02. The Morgan fingerprint density at radius 3 is 2.14 bits per heavy atom. The van der Waals surface area contributed by atoms with E-state index in [9.17, 15) is 27.6 Å². The minimum atomic E-state index is -5.04. The summed E-state index contributed by atoms with van der Waals surface area (Å²) < 4.78 is 38.8. The highest BCUT2D eigenvalue weighted by Gasteiger charge is 2.50. The van der Waals surface area contributed by atoms with Crippen LogP contribution in [-0.4, -0.2) is 52.8 Å². The van der Waals surface area contributed by atoms with E-state index in [-0.39, 0.29) is 23.8 Å². The van der Waals surface area contributed by atoms with Gasteiger partial charge in [-0.1, -0.05) is 40.5 Å². The van der Waals surface area contributed by atoms with Crippen LogP contribution in [0.25, 0.3) is 0 Å². The van der Waals surface area contributed by atoms with Gasteiger partial charge in [0.2, 0.25) is 11.8 Å². The van der Waals surface area contributed by atoms with Crippen LogP contribution in [0.4, 0.5) is 13.2 Å². The van der Waals surface area contributed by atoms with Crippen LogP contribution in [0, 0.1) is 17.8 Å². The maximum atomic E-state index is 13.0. The Morgan fingerprint density at radius 2 is 1.62 bits per heavy atom. The van der Waals surface area contributed by atoms with Crippen molar-refractivity contribution in [2.45, 2.75) is 90.1 Å². The van der Waals surface area contributed by atoms with Crippen molar-refractivity contribution < 1.29 is 27.6 Å². The highest BCUT2D eigenvalue weighted by molar-refractivity contribution is 5.96. The Labute approximate surface area is 169 Å². The summed E-state index contributed by atoms with van der Waals surface area (Å²) in [5.74, 6) is -3.78. The number of hydrogen-bond donors (Lipinski definition) is 2. The van der Waals surface area contributed by atoms with E-state index in [1.807, 2.05) is 13.8 Å². The Hall–Kier alpha value is -1.64. The Kier molecular flexibility index (Phi) is 7.35. The number of carbonyl (C=O) groups is 3. The minimum Gasteiger partial charge on any atom is -0.344 e. The van der Waals surface area contributed by atoms with Gasteiger partial charge < -0.3 is 16.0 Å². The fourth-order valence-electron chi connectivity index (χ4n) is 4.43. The molecule has 0 aromatic carbocycles. The zero-order valence-corrected chi connectivity index (χ0v) is 17.5. The minimum absolute atomic E-state index is 0.124. The van der Waals surface area contributed by atoms with Crippen molar-refractivity contribution in [2.75, 3.05) is 0 Å². The van der Waals surface area contributed by atoms with Crippen LogP contribution in [0.15, 0.2) is 0 Å². The van der Waals surface area contributed by atoms with Crippen LogP contribution in [0.2, 0.25) is 0 Å². The van der Waals surface area contributed by atoms with E-state index >= 15 is 0 Å². The number of carbonyl (C=O) groups excluding carboxylic acids is 3. The standard InChI is InChI=1S/C20H32F3N3O3/c1-10(2)15(24)19(29)26-13-8-6-5-7-12(13)9-14(26)18(28)25-16(11(3)4)17(27)20(21,22)23/h10-16H,5-9,24H2,1-4H3,(H,25,28)/t12-,13-,14-,15-,16-/m0/s1. The highest BCUT2D eigenvalue weighted by atomic mass is 19.4. The first-order valence-corrected chi connectivity index (χ1v) is 10.3. The zero-order chi connectivity index (χ0) is 22.1. The molecule has 3 N–H and O–H groups in total. The van der Waals surface area contributed by atoms with Crippen LogP contribution in [0.1, 0.15) is 59.8 Å². The van der Waals surface area contributed by atoms with Crippen molar-refractivity contribution in [1.82, 2.24) is 10.2 Å². The van der Waals surface area contributed by atoms with Gasteiger partial charge in [-0.3, -0.25) is 14.4 Å². The smallest absolute Gasteiger partial charge is 0.344 e. The molecule has 6 nitrogen and oxygen atoms in total. The van der Waals surface area contributed by atoms with E-state index < -0.39 is 41.9 Å². The van der Waals surface area contributed by atoms with E-state index in [2.05, 4.69) is 5.32 Å². The van der Waals surface area contributed by atoms with Crippen LogP contribution >= 0.6 is 0 Å². The molecule has 29 heavy (non-hydrogen) atoms. The van der Waals surface area contributed by atoms with Gasteiger partial charge in [-0.25, -0.2) is 0 Å². The summed E-state index contributed by atoms with van der Waals surface area (Å²) in [5.41, 5.74) is 6.05. The zero-order valence-electron chi connectivity index (χ0n) is 17.5. The van der Waals surface area contributed by atoms with Gasteiger partial charge in [0.15, 0.2) is 0 Å². The molecule has 2 fully saturated rings. The van der Waals surface area contributed by atoms with Gasteiger partial charge in [0.25, 0.3) is 5.78 Å². The number of fused-ring (bicyclic) bond motifs is 1. The molecular weight excluding hydrogens is 387 g/mol. The molecule has 0 unspecified atom stereocenters. The number of amides is 2. The summed E-state index contributed by atoms with van der Waals surface area (Å²) in [4.78, 5) is 39.3. The molecule has 0 radical (unpaired) electrons. The number of nitrogens with two attached hydrogens (primary N) is 1. The third-order valence-corrected chi connectivity index (χ3v) is 6.17. The molecule has 1 saturated carbocycles. The molecule has 2 rings (SSSR count). The van der Waals surface area contributed by atoms with Crippen LogP contribution in [0.3, 0.4) is 0 Å². The van der Waals surface area contributed by atoms with Crippen LogP contribution < -0.4 is 11.1 Å². The van der Waals surface area contributed by atoms with Gasteiger partial charge in [-0.2, -0.15) is 13.2 Å². The Balaban J connectivity index is 2.27. The normalized spacial score (nSPS) is 27.0. The number of nitrogens with one attached hydrogen (secondary N) is 1. The van der Waals surface area contributed by atoms with E-state index in [1.54, 1.807) is 0 Å². The lowest BCUT2D eigenvalue weighted by molar-refractivity contribution is -0.175. The highest BCUT2D eigenvalue weighted by Crippen LogP contribution is 2.40. The third-order valence-electron chi connectivity index (χ3n) is 6.17. The van der Waals surface area contributed by atoms with Crippen molar-refractivity contribution in [2.24, 2.45) is 23.5 Å². The maximum absolute atomic E-state index is 13.0. The van der Waals surface area contributed by atoms with Gasteiger partial charge in [-0.05, 0) is 37.0 Å². The van der Waals surface area contributed by atoms with E-state index in [4.69, 9.17) is 5.73 Å². The lowest BCUT2D eigenvalue weighted by Gasteiger charge is -2.36. The summed E-state index contributed by atoms with van der Waals surface area (Å²) >= 11 is 0. The number of ketones is 1. The molecule has 9 heteroatoms. The molecule has 0 aromatic rings. The fourth-order valence-corrected chi connectivity index (χ4v) is 4.43. The average molecular weight is 419 g/mol. The summed E-state index contributed by atoms with van der Waals surface area (Å²) in [7, 11) is 0. The lowest BCUT2D eigenvalue weighted by atomic mass is 9.84. The monoisotopic (exact) mass is 419 g/mol. The van der Waals surface area contributed by atoms with E-state index in [0.29, 0.717) is 6.42 Å². The second-order valence-corrected chi connectivity index (χ2v) is 8.97. The van der Waals surface area contributed by atoms with Crippen LogP contribution in [0.5, 0.6) is 0 Å². The molecule has 166 valence electrons. The second-order valence-electron chi connectivity index (χ2n) is 8.97. The predicted molar refractivity (Wildman–Crippen MR) is 102 cm³/mol. The van der Waals surface area contributed by atoms with Gasteiger partial charge in [0.05, 0.1) is 12.1 Å². The predicted octanol–water partition coefficient (Wildman–Crippen LogP) is 2.40. The molecule has 0 spiro atoms. The van der Waals surface area contributed by atoms with E-state index in [0.717, 1.165) is 25.7 Å². The molecule has 1 heterocycles. The largest absolute Gasteiger partial charge is 0.452 e. The molecule has 2 aliphatic rings. The number of Topliss-reactive ketones (excluding diaryl/α,β-unsaturated/α-hetero) is 1. The van der Waals surface area contributed by atoms with Gasteiger partial charge in [0.1, 0.15) is 6.04 Å². The Morgan fingerprint density at radius 1 is 1.03 bits per heavy atom. The van der Waals surface area contributed by atoms with Gasteiger partial charge in [0, 0.05) is 6.04 Å². The van der Waals surface area contributed by atoms with Crippen molar-refractivity contribution in [3.63, 3.8) is 0 Å². The Bertz CT molecular complexity index is 636. The molecule has 2 amide bonds. The number of hydrogen-bond acceptors (Lipinski definition) is 4. The van der Waals surface area contributed by atoms with Crippen molar-refractivity contribution in [3.8, 4) is 0 Å². The molecule has 1 aliphatic carbocycles. The first-order chi connectivity index (χ1) is 13.4. The molecule has 1 saturated heterocycles. The third kappa shape index (κ3) is 5.10. The van der Waals surface area contributed by atoms with Crippen molar-refractivity contribution >= 4 is 17.6 Å². The quantitative estimate of drug-likeness (QED) is 0.692. The van der Waals surface area contributed by atoms with Crippen LogP contribution in [-0.2, 0) is 14.4 Å². The number of alkyl halides is 3. The molecule has 1 aliphatic heterocycles. The number of likely N-dealkylation sites (tertiary alicyclic amines) is 1. The lowest BCUT2D eigenvalue weighted by Crippen LogP contribution is -2.58.